The second-order valence-electron chi connectivity index (χ2n) is 5.29. The molecule has 0 aliphatic carbocycles. The number of aryl methyl sites for hydroxylation is 1. The van der Waals surface area contributed by atoms with Crippen LogP contribution in [-0.2, 0) is 0 Å². The van der Waals surface area contributed by atoms with Gasteiger partial charge in [-0.05, 0) is 54.4 Å². The van der Waals surface area contributed by atoms with E-state index in [9.17, 15) is 4.79 Å². The minimum atomic E-state index is -0.371. The molecular weight excluding hydrogens is 308 g/mol. The number of carbonyl (C=O) groups is 1. The number of ether oxygens (including phenoxy) is 1. The van der Waals surface area contributed by atoms with Gasteiger partial charge in [-0.1, -0.05) is 53.6 Å². The van der Waals surface area contributed by atoms with Gasteiger partial charge in [0.1, 0.15) is 5.75 Å². The van der Waals surface area contributed by atoms with E-state index in [2.05, 4.69) is 0 Å². The van der Waals surface area contributed by atoms with Gasteiger partial charge in [-0.3, -0.25) is 0 Å². The Morgan fingerprint density at radius 2 is 1.57 bits per heavy atom. The topological polar surface area (TPSA) is 26.3 Å². The molecule has 0 saturated carbocycles. The molecule has 0 heterocycles. The number of halogens is 1. The number of hydrogen-bond acceptors (Lipinski definition) is 2. The molecule has 3 rings (SSSR count). The predicted octanol–water partition coefficient (Wildman–Crippen LogP) is 5.53. The smallest absolute Gasteiger partial charge is 0.343 e. The lowest BCUT2D eigenvalue weighted by Crippen LogP contribution is -2.08. The highest BCUT2D eigenvalue weighted by atomic mass is 35.5. The summed E-state index contributed by atoms with van der Waals surface area (Å²) in [6.07, 6.45) is 0. The molecule has 0 bridgehead atoms. The van der Waals surface area contributed by atoms with Crippen LogP contribution in [0.3, 0.4) is 0 Å². The van der Waals surface area contributed by atoms with Gasteiger partial charge < -0.3 is 4.74 Å². The van der Waals surface area contributed by atoms with Crippen LogP contribution in [-0.4, -0.2) is 5.97 Å². The van der Waals surface area contributed by atoms with E-state index in [1.807, 2.05) is 61.5 Å². The zero-order valence-electron chi connectivity index (χ0n) is 12.6. The Balaban J connectivity index is 1.82. The van der Waals surface area contributed by atoms with Crippen LogP contribution in [0.5, 0.6) is 5.75 Å². The number of hydrogen-bond donors (Lipinski definition) is 0. The lowest BCUT2D eigenvalue weighted by molar-refractivity contribution is 0.0735. The highest BCUT2D eigenvalue weighted by Gasteiger charge is 2.10. The van der Waals surface area contributed by atoms with E-state index >= 15 is 0 Å². The second kappa shape index (κ2) is 6.67. The monoisotopic (exact) mass is 322 g/mol. The first-order chi connectivity index (χ1) is 11.1. The summed E-state index contributed by atoms with van der Waals surface area (Å²) < 4.78 is 5.41. The second-order valence-corrected chi connectivity index (χ2v) is 5.73. The SMILES string of the molecule is Cc1ccc(OC(=O)c2cccc(-c3ccc(Cl)cc3)c2)cc1. The number of rotatable bonds is 3. The summed E-state index contributed by atoms with van der Waals surface area (Å²) in [6.45, 7) is 1.99. The number of benzene rings is 3. The van der Waals surface area contributed by atoms with Gasteiger partial charge in [0, 0.05) is 5.02 Å². The van der Waals surface area contributed by atoms with Crippen LogP contribution in [0.4, 0.5) is 0 Å². The largest absolute Gasteiger partial charge is 0.423 e. The molecule has 0 radical (unpaired) electrons. The molecule has 3 aromatic rings. The van der Waals surface area contributed by atoms with Gasteiger partial charge >= 0.3 is 5.97 Å². The molecule has 0 N–H and O–H groups in total. The molecule has 0 unspecified atom stereocenters. The van der Waals surface area contributed by atoms with Crippen molar-refractivity contribution in [2.45, 2.75) is 6.92 Å². The number of esters is 1. The van der Waals surface area contributed by atoms with Crippen LogP contribution < -0.4 is 4.74 Å². The van der Waals surface area contributed by atoms with Gasteiger partial charge in [-0.15, -0.1) is 0 Å². The highest BCUT2D eigenvalue weighted by Crippen LogP contribution is 2.23. The lowest BCUT2D eigenvalue weighted by Gasteiger charge is -2.07. The zero-order valence-corrected chi connectivity index (χ0v) is 13.4. The van der Waals surface area contributed by atoms with Crippen molar-refractivity contribution < 1.29 is 9.53 Å². The summed E-state index contributed by atoms with van der Waals surface area (Å²) in [4.78, 5) is 12.3. The van der Waals surface area contributed by atoms with Crippen molar-refractivity contribution in [2.24, 2.45) is 0 Å². The van der Waals surface area contributed by atoms with E-state index in [1.165, 1.54) is 0 Å². The standard InChI is InChI=1S/C20H15ClO2/c1-14-5-11-19(12-6-14)23-20(22)17-4-2-3-16(13-17)15-7-9-18(21)10-8-15/h2-13H,1H3. The van der Waals surface area contributed by atoms with E-state index < -0.39 is 0 Å². The molecule has 2 nitrogen and oxygen atoms in total. The first kappa shape index (κ1) is 15.3. The molecule has 0 atom stereocenters. The quantitative estimate of drug-likeness (QED) is 0.468. The van der Waals surface area contributed by atoms with Crippen LogP contribution in [0.1, 0.15) is 15.9 Å². The van der Waals surface area contributed by atoms with Crippen molar-refractivity contribution in [3.8, 4) is 16.9 Å². The fraction of sp³-hybridized carbons (Fsp3) is 0.0500. The van der Waals surface area contributed by atoms with Gasteiger partial charge in [-0.2, -0.15) is 0 Å². The maximum atomic E-state index is 12.3. The van der Waals surface area contributed by atoms with Gasteiger partial charge in [0.15, 0.2) is 0 Å². The molecule has 0 spiro atoms. The molecule has 23 heavy (non-hydrogen) atoms. The van der Waals surface area contributed by atoms with E-state index in [4.69, 9.17) is 16.3 Å². The predicted molar refractivity (Wildman–Crippen MR) is 93.0 cm³/mol. The van der Waals surface area contributed by atoms with E-state index in [1.54, 1.807) is 18.2 Å². The van der Waals surface area contributed by atoms with E-state index in [0.717, 1.165) is 16.7 Å². The lowest BCUT2D eigenvalue weighted by atomic mass is 10.0. The van der Waals surface area contributed by atoms with E-state index in [-0.39, 0.29) is 5.97 Å². The fourth-order valence-corrected chi connectivity index (χ4v) is 2.37. The average molecular weight is 323 g/mol. The van der Waals surface area contributed by atoms with Crippen LogP contribution >= 0.6 is 11.6 Å². The van der Waals surface area contributed by atoms with Crippen LogP contribution in [0, 0.1) is 6.92 Å². The Bertz CT molecular complexity index is 821. The molecule has 0 aromatic heterocycles. The molecule has 0 fully saturated rings. The molecule has 3 heteroatoms. The molecule has 3 aromatic carbocycles. The summed E-state index contributed by atoms with van der Waals surface area (Å²) in [5.74, 6) is 0.169. The Labute approximate surface area is 140 Å². The summed E-state index contributed by atoms with van der Waals surface area (Å²) in [7, 11) is 0. The van der Waals surface area contributed by atoms with Crippen molar-refractivity contribution in [1.29, 1.82) is 0 Å². The summed E-state index contributed by atoms with van der Waals surface area (Å²) in [5, 5.41) is 0.684. The van der Waals surface area contributed by atoms with Crippen molar-refractivity contribution in [2.75, 3.05) is 0 Å². The maximum Gasteiger partial charge on any atom is 0.343 e. The van der Waals surface area contributed by atoms with Crippen molar-refractivity contribution in [1.82, 2.24) is 0 Å². The minimum absolute atomic E-state index is 0.371. The molecular formula is C20H15ClO2. The third-order valence-electron chi connectivity index (χ3n) is 3.51. The molecule has 0 saturated heterocycles. The number of carbonyl (C=O) groups excluding carboxylic acids is 1. The highest BCUT2D eigenvalue weighted by molar-refractivity contribution is 6.30. The van der Waals surface area contributed by atoms with Gasteiger partial charge in [0.2, 0.25) is 0 Å². The van der Waals surface area contributed by atoms with Crippen LogP contribution in [0.25, 0.3) is 11.1 Å². The summed E-state index contributed by atoms with van der Waals surface area (Å²) in [5.41, 5.74) is 3.58. The minimum Gasteiger partial charge on any atom is -0.423 e. The first-order valence-electron chi connectivity index (χ1n) is 7.27. The molecule has 114 valence electrons. The molecule has 0 aliphatic heterocycles. The average Bonchev–Trinajstić information content (AvgIpc) is 2.58. The van der Waals surface area contributed by atoms with Gasteiger partial charge in [0.25, 0.3) is 0 Å². The third-order valence-corrected chi connectivity index (χ3v) is 3.76. The Hall–Kier alpha value is -2.58. The Kier molecular flexibility index (Phi) is 4.45. The fourth-order valence-electron chi connectivity index (χ4n) is 2.24. The summed E-state index contributed by atoms with van der Waals surface area (Å²) >= 11 is 5.91. The summed E-state index contributed by atoms with van der Waals surface area (Å²) in [6, 6.07) is 22.3. The molecule has 0 aliphatic rings. The normalized spacial score (nSPS) is 10.3. The van der Waals surface area contributed by atoms with Gasteiger partial charge in [-0.25, -0.2) is 4.79 Å². The Morgan fingerprint density at radius 1 is 0.870 bits per heavy atom. The van der Waals surface area contributed by atoms with E-state index in [0.29, 0.717) is 16.3 Å². The molecule has 0 amide bonds. The van der Waals surface area contributed by atoms with Crippen molar-refractivity contribution in [3.05, 3.63) is 88.9 Å². The maximum absolute atomic E-state index is 12.3. The first-order valence-corrected chi connectivity index (χ1v) is 7.64. The van der Waals surface area contributed by atoms with Crippen LogP contribution in [0.15, 0.2) is 72.8 Å². The van der Waals surface area contributed by atoms with Gasteiger partial charge in [0.05, 0.1) is 5.56 Å². The van der Waals surface area contributed by atoms with Crippen molar-refractivity contribution >= 4 is 17.6 Å². The third kappa shape index (κ3) is 3.79. The van der Waals surface area contributed by atoms with Crippen LogP contribution in [0.2, 0.25) is 5.02 Å². The Morgan fingerprint density at radius 3 is 2.26 bits per heavy atom. The van der Waals surface area contributed by atoms with Crippen molar-refractivity contribution in [3.63, 3.8) is 0 Å². The zero-order chi connectivity index (χ0) is 16.2.